The van der Waals surface area contributed by atoms with Gasteiger partial charge in [-0.3, -0.25) is 4.79 Å². The smallest absolute Gasteiger partial charge is 0.337 e. The molecule has 0 aliphatic heterocycles. The maximum absolute atomic E-state index is 13.1. The molecule has 0 radical (unpaired) electrons. The van der Waals surface area contributed by atoms with E-state index in [2.05, 4.69) is 6.07 Å². The molecule has 26 heavy (non-hydrogen) atoms. The Hall–Kier alpha value is -3.19. The second kappa shape index (κ2) is 5.96. The zero-order chi connectivity index (χ0) is 18.3. The fourth-order valence-corrected chi connectivity index (χ4v) is 4.17. The number of esters is 1. The number of Topliss-reactive ketones (excluding diaryl/α,β-unsaturated/α-hetero) is 1. The molecule has 1 atom stereocenters. The third-order valence-electron chi connectivity index (χ3n) is 5.41. The van der Waals surface area contributed by atoms with Crippen LogP contribution in [0.15, 0.2) is 54.1 Å². The van der Waals surface area contributed by atoms with Crippen molar-refractivity contribution in [1.29, 1.82) is 5.26 Å². The lowest BCUT2D eigenvalue weighted by Crippen LogP contribution is -2.33. The van der Waals surface area contributed by atoms with Crippen LogP contribution >= 0.6 is 0 Å². The summed E-state index contributed by atoms with van der Waals surface area (Å²) in [6.07, 6.45) is 2.13. The lowest BCUT2D eigenvalue weighted by molar-refractivity contribution is 0.0600. The van der Waals surface area contributed by atoms with Crippen molar-refractivity contribution >= 4 is 17.3 Å². The highest BCUT2D eigenvalue weighted by Gasteiger charge is 2.50. The largest absolute Gasteiger partial charge is 0.465 e. The van der Waals surface area contributed by atoms with Gasteiger partial charge in [0.15, 0.2) is 5.78 Å². The first kappa shape index (κ1) is 16.3. The van der Waals surface area contributed by atoms with Crippen molar-refractivity contribution in [2.24, 2.45) is 5.41 Å². The molecule has 4 heteroatoms. The fourth-order valence-electron chi connectivity index (χ4n) is 4.17. The van der Waals surface area contributed by atoms with Gasteiger partial charge < -0.3 is 4.74 Å². The van der Waals surface area contributed by atoms with Crippen LogP contribution in [-0.4, -0.2) is 18.9 Å². The molecule has 0 N–H and O–H groups in total. The highest BCUT2D eigenvalue weighted by Crippen LogP contribution is 2.53. The molecule has 2 aliphatic rings. The number of nitriles is 1. The summed E-state index contributed by atoms with van der Waals surface area (Å²) in [5.41, 5.74) is 3.67. The van der Waals surface area contributed by atoms with Gasteiger partial charge in [0.05, 0.1) is 18.7 Å². The predicted octanol–water partition coefficient (Wildman–Crippen LogP) is 4.17. The van der Waals surface area contributed by atoms with Gasteiger partial charge in [-0.25, -0.2) is 4.79 Å². The lowest BCUT2D eigenvalue weighted by atomic mass is 9.68. The van der Waals surface area contributed by atoms with E-state index in [1.54, 1.807) is 18.2 Å². The zero-order valence-corrected chi connectivity index (χ0v) is 14.4. The van der Waals surface area contributed by atoms with Gasteiger partial charge in [0, 0.05) is 5.56 Å². The molecular weight excluding hydrogens is 326 g/mol. The van der Waals surface area contributed by atoms with E-state index in [9.17, 15) is 14.9 Å². The van der Waals surface area contributed by atoms with E-state index in [4.69, 9.17) is 4.74 Å². The Morgan fingerprint density at radius 1 is 1.12 bits per heavy atom. The molecule has 0 aromatic heterocycles. The van der Waals surface area contributed by atoms with Crippen molar-refractivity contribution < 1.29 is 14.3 Å². The van der Waals surface area contributed by atoms with Crippen LogP contribution in [0.5, 0.6) is 0 Å². The molecule has 1 saturated carbocycles. The topological polar surface area (TPSA) is 67.2 Å². The summed E-state index contributed by atoms with van der Waals surface area (Å²) < 4.78 is 4.76. The number of benzene rings is 2. The number of carbonyl (C=O) groups excluding carboxylic acids is 2. The average Bonchev–Trinajstić information content (AvgIpc) is 3.13. The quantitative estimate of drug-likeness (QED) is 0.768. The summed E-state index contributed by atoms with van der Waals surface area (Å²) >= 11 is 0. The van der Waals surface area contributed by atoms with Crippen LogP contribution < -0.4 is 0 Å². The number of ketones is 1. The van der Waals surface area contributed by atoms with Crippen molar-refractivity contribution in [2.45, 2.75) is 19.3 Å². The molecule has 0 saturated heterocycles. The molecule has 2 aromatic carbocycles. The van der Waals surface area contributed by atoms with Crippen molar-refractivity contribution in [3.8, 4) is 6.07 Å². The lowest BCUT2D eigenvalue weighted by Gasteiger charge is -2.31. The first-order valence-corrected chi connectivity index (χ1v) is 8.60. The van der Waals surface area contributed by atoms with Crippen LogP contribution in [-0.2, 0) is 4.74 Å². The summed E-state index contributed by atoms with van der Waals surface area (Å²) in [5.74, 6) is -0.473. The number of ether oxygens (including phenoxy) is 1. The summed E-state index contributed by atoms with van der Waals surface area (Å²) in [6, 6.07) is 17.0. The predicted molar refractivity (Wildman–Crippen MR) is 96.5 cm³/mol. The third kappa shape index (κ3) is 2.14. The first-order valence-electron chi connectivity index (χ1n) is 8.60. The normalized spacial score (nSPS) is 21.0. The Morgan fingerprint density at radius 3 is 2.46 bits per heavy atom. The van der Waals surface area contributed by atoms with Gasteiger partial charge in [0.1, 0.15) is 5.41 Å². The van der Waals surface area contributed by atoms with E-state index in [0.717, 1.165) is 35.1 Å². The first-order chi connectivity index (χ1) is 12.6. The Balaban J connectivity index is 1.96. The second-order valence-corrected chi connectivity index (χ2v) is 6.67. The number of fused-ring (bicyclic) bond motifs is 2. The van der Waals surface area contributed by atoms with E-state index >= 15 is 0 Å². The molecule has 0 amide bonds. The maximum Gasteiger partial charge on any atom is 0.337 e. The Bertz CT molecular complexity index is 995. The number of rotatable bonds is 2. The van der Waals surface area contributed by atoms with Crippen LogP contribution in [0, 0.1) is 16.7 Å². The second-order valence-electron chi connectivity index (χ2n) is 6.67. The van der Waals surface area contributed by atoms with Crippen LogP contribution in [0.2, 0.25) is 0 Å². The molecule has 4 nitrogen and oxygen atoms in total. The molecule has 1 fully saturated rings. The monoisotopic (exact) mass is 343 g/mol. The molecule has 4 rings (SSSR count). The van der Waals surface area contributed by atoms with Gasteiger partial charge in [-0.05, 0) is 53.7 Å². The molecule has 2 aromatic rings. The highest BCUT2D eigenvalue weighted by atomic mass is 16.5. The maximum atomic E-state index is 13.1. The summed E-state index contributed by atoms with van der Waals surface area (Å²) in [6.45, 7) is 0. The SMILES string of the molecule is COC(=O)c1ccc(C2=C3CCCC3(C#N)C(=O)c3ccccc32)cc1. The van der Waals surface area contributed by atoms with E-state index in [-0.39, 0.29) is 11.8 Å². The molecule has 0 spiro atoms. The molecular formula is C22H17NO3. The van der Waals surface area contributed by atoms with Gasteiger partial charge in [0.25, 0.3) is 0 Å². The number of allylic oxidation sites excluding steroid dienone is 1. The number of carbonyl (C=O) groups is 2. The minimum Gasteiger partial charge on any atom is -0.465 e. The molecule has 0 bridgehead atoms. The van der Waals surface area contributed by atoms with Crippen LogP contribution in [0.1, 0.15) is 51.1 Å². The zero-order valence-electron chi connectivity index (χ0n) is 14.4. The molecule has 128 valence electrons. The Labute approximate surface area is 151 Å². The number of hydrogen-bond donors (Lipinski definition) is 0. The third-order valence-corrected chi connectivity index (χ3v) is 5.41. The minimum absolute atomic E-state index is 0.0852. The number of nitrogens with zero attached hydrogens (tertiary/aromatic N) is 1. The minimum atomic E-state index is -1.05. The molecule has 2 aliphatic carbocycles. The highest BCUT2D eigenvalue weighted by molar-refractivity contribution is 6.14. The van der Waals surface area contributed by atoms with Crippen LogP contribution in [0.25, 0.3) is 5.57 Å². The summed E-state index contributed by atoms with van der Waals surface area (Å²) in [4.78, 5) is 24.8. The van der Waals surface area contributed by atoms with Crippen molar-refractivity contribution in [3.63, 3.8) is 0 Å². The number of hydrogen-bond acceptors (Lipinski definition) is 4. The Kier molecular flexibility index (Phi) is 3.73. The fraction of sp³-hybridized carbons (Fsp3) is 0.227. The molecule has 0 heterocycles. The van der Waals surface area contributed by atoms with E-state index in [0.29, 0.717) is 17.5 Å². The van der Waals surface area contributed by atoms with Gasteiger partial charge in [-0.15, -0.1) is 0 Å². The average molecular weight is 343 g/mol. The van der Waals surface area contributed by atoms with Crippen molar-refractivity contribution in [3.05, 3.63) is 76.4 Å². The van der Waals surface area contributed by atoms with Crippen molar-refractivity contribution in [1.82, 2.24) is 0 Å². The summed E-state index contributed by atoms with van der Waals surface area (Å²) in [7, 11) is 1.35. The Morgan fingerprint density at radius 2 is 1.81 bits per heavy atom. The van der Waals surface area contributed by atoms with Gasteiger partial charge in [-0.2, -0.15) is 5.26 Å². The van der Waals surface area contributed by atoms with E-state index < -0.39 is 5.41 Å². The van der Waals surface area contributed by atoms with Crippen LogP contribution in [0.4, 0.5) is 0 Å². The number of methoxy groups -OCH3 is 1. The van der Waals surface area contributed by atoms with E-state index in [1.165, 1.54) is 7.11 Å². The van der Waals surface area contributed by atoms with Gasteiger partial charge in [0.2, 0.25) is 0 Å². The van der Waals surface area contributed by atoms with Crippen LogP contribution in [0.3, 0.4) is 0 Å². The van der Waals surface area contributed by atoms with E-state index in [1.807, 2.05) is 30.3 Å². The summed E-state index contributed by atoms with van der Waals surface area (Å²) in [5, 5.41) is 9.90. The van der Waals surface area contributed by atoms with Crippen molar-refractivity contribution in [2.75, 3.05) is 7.11 Å². The van der Waals surface area contributed by atoms with Gasteiger partial charge >= 0.3 is 5.97 Å². The van der Waals surface area contributed by atoms with Gasteiger partial charge in [-0.1, -0.05) is 36.4 Å². The molecule has 1 unspecified atom stereocenters. The standard InChI is InChI=1S/C22H17NO3/c1-26-21(25)15-10-8-14(9-11-15)19-16-5-2-3-6-17(16)20(24)22(13-23)12-4-7-18(19)22/h2-3,5-6,8-11H,4,7,12H2,1H3.